The van der Waals surface area contributed by atoms with Crippen LogP contribution in [0.25, 0.3) is 0 Å². The summed E-state index contributed by atoms with van der Waals surface area (Å²) in [5, 5.41) is 0. The van der Waals surface area contributed by atoms with Gasteiger partial charge in [-0.05, 0) is 20.8 Å². The van der Waals surface area contributed by atoms with Crippen LogP contribution >= 0.6 is 0 Å². The molecule has 0 amide bonds. The van der Waals surface area contributed by atoms with Gasteiger partial charge in [0.25, 0.3) is 0 Å². The molecule has 0 aromatic heterocycles. The average Bonchev–Trinajstić information content (AvgIpc) is 2.01. The maximum Gasteiger partial charge on any atom is 0.308 e. The Kier molecular flexibility index (Phi) is 6.12. The lowest BCUT2D eigenvalue weighted by molar-refractivity contribution is -0.151. The minimum Gasteiger partial charge on any atom is -0.462 e. The van der Waals surface area contributed by atoms with Crippen molar-refractivity contribution in [3.8, 4) is 0 Å². The van der Waals surface area contributed by atoms with Gasteiger partial charge in [-0.2, -0.15) is 0 Å². The van der Waals surface area contributed by atoms with Crippen LogP contribution in [0.4, 0.5) is 0 Å². The molecule has 14 heavy (non-hydrogen) atoms. The van der Waals surface area contributed by atoms with Crippen molar-refractivity contribution in [2.45, 2.75) is 45.8 Å². The molecule has 0 saturated carbocycles. The van der Waals surface area contributed by atoms with Crippen molar-refractivity contribution in [1.29, 1.82) is 0 Å². The lowest BCUT2D eigenvalue weighted by Crippen LogP contribution is -2.21. The predicted molar refractivity (Wildman–Crippen MR) is 51.9 cm³/mol. The van der Waals surface area contributed by atoms with Crippen LogP contribution in [-0.2, 0) is 19.1 Å². The fourth-order valence-corrected chi connectivity index (χ4v) is 1.04. The summed E-state index contributed by atoms with van der Waals surface area (Å²) in [4.78, 5) is 21.9. The first kappa shape index (κ1) is 13.1. The number of rotatable bonds is 6. The van der Waals surface area contributed by atoms with Crippen LogP contribution in [0.15, 0.2) is 0 Å². The molecule has 0 radical (unpaired) electrons. The molecule has 0 aromatic rings. The summed E-state index contributed by atoms with van der Waals surface area (Å²) in [5.74, 6) is -0.307. The molecule has 0 aliphatic carbocycles. The molecule has 4 heteroatoms. The molecule has 0 spiro atoms. The molecule has 0 rings (SSSR count). The molecule has 0 N–H and O–H groups in total. The molecule has 1 unspecified atom stereocenters. The number of ketones is 1. The Bertz CT molecular complexity index is 200. The van der Waals surface area contributed by atoms with E-state index in [0.29, 0.717) is 0 Å². The van der Waals surface area contributed by atoms with Gasteiger partial charge in [0.15, 0.2) is 0 Å². The topological polar surface area (TPSA) is 52.6 Å². The van der Waals surface area contributed by atoms with Crippen LogP contribution in [0.2, 0.25) is 0 Å². The lowest BCUT2D eigenvalue weighted by atomic mass is 10.2. The highest BCUT2D eigenvalue weighted by molar-refractivity contribution is 5.76. The first-order valence-corrected chi connectivity index (χ1v) is 4.67. The third-order valence-electron chi connectivity index (χ3n) is 1.76. The monoisotopic (exact) mass is 202 g/mol. The minimum absolute atomic E-state index is 0.0186. The third-order valence-corrected chi connectivity index (χ3v) is 1.76. The van der Waals surface area contributed by atoms with Gasteiger partial charge >= 0.3 is 5.97 Å². The van der Waals surface area contributed by atoms with E-state index in [1.807, 2.05) is 0 Å². The first-order chi connectivity index (χ1) is 6.45. The Morgan fingerprint density at radius 2 is 1.71 bits per heavy atom. The molecule has 0 bridgehead atoms. The highest BCUT2D eigenvalue weighted by Gasteiger charge is 2.14. The molecule has 2 atom stereocenters. The minimum atomic E-state index is -0.343. The number of ether oxygens (including phenoxy) is 2. The Morgan fingerprint density at radius 3 is 2.14 bits per heavy atom. The van der Waals surface area contributed by atoms with E-state index in [4.69, 9.17) is 9.47 Å². The SMILES string of the molecule is CO[C@H](C)CC(=O)OC(C)CC(C)=O. The fraction of sp³-hybridized carbons (Fsp3) is 0.800. The Morgan fingerprint density at radius 1 is 1.14 bits per heavy atom. The molecule has 0 fully saturated rings. The van der Waals surface area contributed by atoms with Crippen LogP contribution in [0.3, 0.4) is 0 Å². The van der Waals surface area contributed by atoms with E-state index < -0.39 is 0 Å². The first-order valence-electron chi connectivity index (χ1n) is 4.67. The van der Waals surface area contributed by atoms with Gasteiger partial charge in [-0.15, -0.1) is 0 Å². The second-order valence-corrected chi connectivity index (χ2v) is 3.46. The number of carbonyl (C=O) groups is 2. The summed E-state index contributed by atoms with van der Waals surface area (Å²) >= 11 is 0. The maximum absolute atomic E-state index is 11.2. The Labute approximate surface area is 84.6 Å². The second-order valence-electron chi connectivity index (χ2n) is 3.46. The van der Waals surface area contributed by atoms with E-state index in [2.05, 4.69) is 0 Å². The van der Waals surface area contributed by atoms with Crippen LogP contribution in [-0.4, -0.2) is 31.1 Å². The largest absolute Gasteiger partial charge is 0.462 e. The smallest absolute Gasteiger partial charge is 0.308 e. The molecule has 82 valence electrons. The van der Waals surface area contributed by atoms with E-state index in [9.17, 15) is 9.59 Å². The van der Waals surface area contributed by atoms with E-state index >= 15 is 0 Å². The third kappa shape index (κ3) is 6.60. The van der Waals surface area contributed by atoms with Crippen LogP contribution in [0.1, 0.15) is 33.6 Å². The highest BCUT2D eigenvalue weighted by Crippen LogP contribution is 2.03. The van der Waals surface area contributed by atoms with Gasteiger partial charge in [-0.1, -0.05) is 0 Å². The van der Waals surface area contributed by atoms with Gasteiger partial charge < -0.3 is 9.47 Å². The number of methoxy groups -OCH3 is 1. The van der Waals surface area contributed by atoms with E-state index in [1.54, 1.807) is 13.8 Å². The Hall–Kier alpha value is -0.900. The highest BCUT2D eigenvalue weighted by atomic mass is 16.5. The van der Waals surface area contributed by atoms with Gasteiger partial charge in [-0.25, -0.2) is 0 Å². The van der Waals surface area contributed by atoms with Crippen LogP contribution in [0, 0.1) is 0 Å². The van der Waals surface area contributed by atoms with E-state index in [1.165, 1.54) is 14.0 Å². The quantitative estimate of drug-likeness (QED) is 0.609. The maximum atomic E-state index is 11.2. The van der Waals surface area contributed by atoms with E-state index in [0.717, 1.165) is 0 Å². The van der Waals surface area contributed by atoms with Crippen LogP contribution in [0.5, 0.6) is 0 Å². The summed E-state index contributed by atoms with van der Waals surface area (Å²) in [7, 11) is 1.54. The van der Waals surface area contributed by atoms with Gasteiger partial charge in [0.2, 0.25) is 0 Å². The van der Waals surface area contributed by atoms with Crippen molar-refractivity contribution >= 4 is 11.8 Å². The van der Waals surface area contributed by atoms with Crippen molar-refractivity contribution in [2.24, 2.45) is 0 Å². The average molecular weight is 202 g/mol. The molecule has 0 saturated heterocycles. The molecule has 4 nitrogen and oxygen atoms in total. The zero-order chi connectivity index (χ0) is 11.1. The Balaban J connectivity index is 3.76. The van der Waals surface area contributed by atoms with Gasteiger partial charge in [0, 0.05) is 13.5 Å². The predicted octanol–water partition coefficient (Wildman–Crippen LogP) is 1.32. The zero-order valence-corrected chi connectivity index (χ0v) is 9.20. The van der Waals surface area contributed by atoms with E-state index in [-0.39, 0.29) is 36.8 Å². The van der Waals surface area contributed by atoms with Crippen molar-refractivity contribution in [3.05, 3.63) is 0 Å². The zero-order valence-electron chi connectivity index (χ0n) is 9.20. The van der Waals surface area contributed by atoms with Crippen molar-refractivity contribution in [1.82, 2.24) is 0 Å². The summed E-state index contributed by atoms with van der Waals surface area (Å²) in [6.07, 6.45) is 0.00218. The summed E-state index contributed by atoms with van der Waals surface area (Å²) < 4.78 is 9.91. The number of Topliss-reactive ketones (excluding diaryl/α,β-unsaturated/α-hetero) is 1. The lowest BCUT2D eigenvalue weighted by Gasteiger charge is -2.13. The summed E-state index contributed by atoms with van der Waals surface area (Å²) in [6, 6.07) is 0. The molecule has 0 aromatic carbocycles. The normalized spacial score (nSPS) is 14.6. The number of carbonyl (C=O) groups excluding carboxylic acids is 2. The summed E-state index contributed by atoms with van der Waals surface area (Å²) in [5.41, 5.74) is 0. The van der Waals surface area contributed by atoms with Crippen molar-refractivity contribution in [3.63, 3.8) is 0 Å². The standard InChI is InChI=1S/C10H18O4/c1-7(11)5-9(3)14-10(12)6-8(2)13-4/h8-9H,5-6H2,1-4H3/t8-,9?/m1/s1. The molecule has 0 aliphatic rings. The van der Waals surface area contributed by atoms with Gasteiger partial charge in [-0.3, -0.25) is 9.59 Å². The number of hydrogen-bond acceptors (Lipinski definition) is 4. The van der Waals surface area contributed by atoms with Gasteiger partial charge in [0.05, 0.1) is 12.5 Å². The number of esters is 1. The second kappa shape index (κ2) is 6.54. The number of hydrogen-bond donors (Lipinski definition) is 0. The van der Waals surface area contributed by atoms with Crippen molar-refractivity contribution in [2.75, 3.05) is 7.11 Å². The molecule has 0 aliphatic heterocycles. The molecular weight excluding hydrogens is 184 g/mol. The van der Waals surface area contributed by atoms with Gasteiger partial charge in [0.1, 0.15) is 11.9 Å². The fourth-order valence-electron chi connectivity index (χ4n) is 1.04. The summed E-state index contributed by atoms with van der Waals surface area (Å²) in [6.45, 7) is 4.97. The van der Waals surface area contributed by atoms with Crippen LogP contribution < -0.4 is 0 Å². The molecular formula is C10H18O4. The van der Waals surface area contributed by atoms with Crippen molar-refractivity contribution < 1.29 is 19.1 Å². The molecule has 0 heterocycles.